The molecule has 2 nitrogen and oxygen atoms in total. The zero-order valence-corrected chi connectivity index (χ0v) is 14.2. The van der Waals surface area contributed by atoms with Gasteiger partial charge in [-0.3, -0.25) is 0 Å². The maximum Gasteiger partial charge on any atom is 0.118 e. The predicted molar refractivity (Wildman–Crippen MR) is 98.1 cm³/mol. The Hall–Kier alpha value is -1.84. The molecule has 4 heteroatoms. The van der Waals surface area contributed by atoms with E-state index >= 15 is 0 Å². The van der Waals surface area contributed by atoms with Gasteiger partial charge in [0.1, 0.15) is 5.75 Å². The third-order valence-corrected chi connectivity index (χ3v) is 5.78. The first kappa shape index (κ1) is 14.7. The Balaban J connectivity index is 1.55. The van der Waals surface area contributed by atoms with Crippen LogP contribution in [-0.2, 0) is 0 Å². The Labute approximate surface area is 145 Å². The van der Waals surface area contributed by atoms with E-state index in [0.717, 1.165) is 22.8 Å². The fourth-order valence-corrected chi connectivity index (χ4v) is 4.32. The Morgan fingerprint density at radius 2 is 1.96 bits per heavy atom. The van der Waals surface area contributed by atoms with Crippen molar-refractivity contribution in [2.24, 2.45) is 0 Å². The number of benzene rings is 2. The van der Waals surface area contributed by atoms with Crippen molar-refractivity contribution < 1.29 is 5.11 Å². The maximum absolute atomic E-state index is 9.67. The summed E-state index contributed by atoms with van der Waals surface area (Å²) < 4.78 is 0. The molecule has 0 radical (unpaired) electrons. The molecular formula is C19H16ClNOS. The number of aromatic hydroxyl groups is 1. The highest BCUT2D eigenvalue weighted by Gasteiger charge is 2.29. The monoisotopic (exact) mass is 341 g/mol. The van der Waals surface area contributed by atoms with Crippen molar-refractivity contribution in [3.63, 3.8) is 0 Å². The minimum absolute atomic E-state index is 0.345. The molecule has 0 saturated heterocycles. The molecule has 23 heavy (non-hydrogen) atoms. The van der Waals surface area contributed by atoms with Crippen LogP contribution in [0.25, 0.3) is 0 Å². The first-order valence-corrected chi connectivity index (χ1v) is 8.77. The van der Waals surface area contributed by atoms with Gasteiger partial charge in [0.15, 0.2) is 0 Å². The number of phenols is 1. The highest BCUT2D eigenvalue weighted by atomic mass is 35.5. The number of anilines is 1. The van der Waals surface area contributed by atoms with Crippen LogP contribution in [0.15, 0.2) is 65.2 Å². The van der Waals surface area contributed by atoms with Gasteiger partial charge in [-0.05, 0) is 54.0 Å². The van der Waals surface area contributed by atoms with E-state index in [-0.39, 0.29) is 0 Å². The van der Waals surface area contributed by atoms with Crippen molar-refractivity contribution in [3.05, 3.63) is 81.4 Å². The van der Waals surface area contributed by atoms with Crippen molar-refractivity contribution in [3.8, 4) is 5.75 Å². The van der Waals surface area contributed by atoms with Crippen LogP contribution >= 0.6 is 23.4 Å². The Morgan fingerprint density at radius 3 is 2.65 bits per heavy atom. The summed E-state index contributed by atoms with van der Waals surface area (Å²) in [6.07, 6.45) is 4.55. The van der Waals surface area contributed by atoms with E-state index < -0.39 is 0 Å². The molecular weight excluding hydrogens is 326 g/mol. The van der Waals surface area contributed by atoms with Crippen molar-refractivity contribution in [2.45, 2.75) is 12.2 Å². The molecule has 0 fully saturated rings. The van der Waals surface area contributed by atoms with Gasteiger partial charge in [-0.1, -0.05) is 29.8 Å². The molecule has 2 aromatic rings. The van der Waals surface area contributed by atoms with Crippen LogP contribution in [0, 0.1) is 6.92 Å². The van der Waals surface area contributed by atoms with Crippen LogP contribution in [0.2, 0.25) is 5.02 Å². The third kappa shape index (κ3) is 2.75. The number of rotatable bonds is 2. The van der Waals surface area contributed by atoms with Crippen LogP contribution in [0.3, 0.4) is 0 Å². The number of phenolic OH excluding ortho intramolecular Hbond substituents is 1. The SMILES string of the molecule is Cc1cc(N2C=C3SC(c4ccc(Cl)cc4)C=C3C2)ccc1O. The second-order valence-electron chi connectivity index (χ2n) is 5.87. The minimum atomic E-state index is 0.345. The Morgan fingerprint density at radius 1 is 1.17 bits per heavy atom. The van der Waals surface area contributed by atoms with Gasteiger partial charge in [0, 0.05) is 28.4 Å². The molecule has 0 spiro atoms. The third-order valence-electron chi connectivity index (χ3n) is 4.25. The summed E-state index contributed by atoms with van der Waals surface area (Å²) >= 11 is 7.85. The molecule has 116 valence electrons. The highest BCUT2D eigenvalue weighted by molar-refractivity contribution is 8.04. The lowest BCUT2D eigenvalue weighted by Crippen LogP contribution is -2.13. The van der Waals surface area contributed by atoms with Crippen LogP contribution in [0.5, 0.6) is 5.75 Å². The molecule has 4 rings (SSSR count). The van der Waals surface area contributed by atoms with E-state index in [1.165, 1.54) is 16.0 Å². The van der Waals surface area contributed by atoms with E-state index in [0.29, 0.717) is 11.0 Å². The lowest BCUT2D eigenvalue weighted by molar-refractivity contribution is 0.471. The van der Waals surface area contributed by atoms with Gasteiger partial charge in [0.25, 0.3) is 0 Å². The lowest BCUT2D eigenvalue weighted by Gasteiger charge is -2.17. The number of hydrogen-bond acceptors (Lipinski definition) is 3. The lowest BCUT2D eigenvalue weighted by atomic mass is 10.1. The summed E-state index contributed by atoms with van der Waals surface area (Å²) in [5.41, 5.74) is 4.68. The van der Waals surface area contributed by atoms with Crippen LogP contribution in [-0.4, -0.2) is 11.7 Å². The quantitative estimate of drug-likeness (QED) is 0.787. The second-order valence-corrected chi connectivity index (χ2v) is 7.49. The Kier molecular flexibility index (Phi) is 3.63. The number of halogens is 1. The molecule has 2 aliphatic rings. The smallest absolute Gasteiger partial charge is 0.118 e. The van der Waals surface area contributed by atoms with Crippen molar-refractivity contribution in [1.82, 2.24) is 0 Å². The number of hydrogen-bond donors (Lipinski definition) is 1. The molecule has 0 saturated carbocycles. The van der Waals surface area contributed by atoms with Crippen molar-refractivity contribution in [1.29, 1.82) is 0 Å². The summed E-state index contributed by atoms with van der Waals surface area (Å²) in [5, 5.41) is 10.8. The van der Waals surface area contributed by atoms with Gasteiger partial charge in [-0.2, -0.15) is 0 Å². The molecule has 2 heterocycles. The second kappa shape index (κ2) is 5.66. The standard InChI is InChI=1S/C19H16ClNOS/c1-12-8-16(6-7-17(12)22)21-10-14-9-18(23-19(14)11-21)13-2-4-15(20)5-3-13/h2-9,11,18,22H,10H2,1H3. The van der Waals surface area contributed by atoms with E-state index in [9.17, 15) is 5.11 Å². The molecule has 1 unspecified atom stereocenters. The van der Waals surface area contributed by atoms with Crippen molar-refractivity contribution in [2.75, 3.05) is 11.4 Å². The van der Waals surface area contributed by atoms with Gasteiger partial charge in [-0.15, -0.1) is 11.8 Å². The number of aryl methyl sites for hydroxylation is 1. The van der Waals surface area contributed by atoms with Crippen LogP contribution < -0.4 is 4.90 Å². The molecule has 2 aliphatic heterocycles. The van der Waals surface area contributed by atoms with Gasteiger partial charge in [0.2, 0.25) is 0 Å². The molecule has 0 aromatic heterocycles. The Bertz CT molecular complexity index is 826. The first-order valence-electron chi connectivity index (χ1n) is 7.51. The van der Waals surface area contributed by atoms with E-state index in [4.69, 9.17) is 11.6 Å². The van der Waals surface area contributed by atoms with Gasteiger partial charge in [0.05, 0.1) is 5.25 Å². The normalized spacial score (nSPS) is 19.6. The summed E-state index contributed by atoms with van der Waals surface area (Å²) in [5.74, 6) is 0.345. The summed E-state index contributed by atoms with van der Waals surface area (Å²) in [7, 11) is 0. The largest absolute Gasteiger partial charge is 0.508 e. The summed E-state index contributed by atoms with van der Waals surface area (Å²) in [6.45, 7) is 2.81. The molecule has 1 atom stereocenters. The number of thioether (sulfide) groups is 1. The van der Waals surface area contributed by atoms with Crippen molar-refractivity contribution >= 4 is 29.1 Å². The van der Waals surface area contributed by atoms with Crippen LogP contribution in [0.4, 0.5) is 5.69 Å². The number of nitrogens with zero attached hydrogens (tertiary/aromatic N) is 1. The summed E-state index contributed by atoms with van der Waals surface area (Å²) in [4.78, 5) is 3.56. The fourth-order valence-electron chi connectivity index (χ4n) is 2.93. The molecule has 0 amide bonds. The van der Waals surface area contributed by atoms with Gasteiger partial charge >= 0.3 is 0 Å². The molecule has 1 N–H and O–H groups in total. The van der Waals surface area contributed by atoms with E-state index in [2.05, 4.69) is 29.3 Å². The predicted octanol–water partition coefficient (Wildman–Crippen LogP) is 5.43. The number of fused-ring (bicyclic) bond motifs is 1. The molecule has 0 aliphatic carbocycles. The zero-order chi connectivity index (χ0) is 16.0. The average molecular weight is 342 g/mol. The van der Waals surface area contributed by atoms with Gasteiger partial charge < -0.3 is 10.0 Å². The van der Waals surface area contributed by atoms with E-state index in [1.807, 2.05) is 43.0 Å². The average Bonchev–Trinajstić information content (AvgIpc) is 3.09. The first-order chi connectivity index (χ1) is 11.1. The summed E-state index contributed by atoms with van der Waals surface area (Å²) in [6, 6.07) is 13.8. The topological polar surface area (TPSA) is 23.5 Å². The minimum Gasteiger partial charge on any atom is -0.508 e. The highest BCUT2D eigenvalue weighted by Crippen LogP contribution is 2.49. The maximum atomic E-state index is 9.67. The zero-order valence-electron chi connectivity index (χ0n) is 12.7. The van der Waals surface area contributed by atoms with E-state index in [1.54, 1.807) is 6.07 Å². The van der Waals surface area contributed by atoms with Gasteiger partial charge in [-0.25, -0.2) is 0 Å². The molecule has 0 bridgehead atoms. The molecule has 2 aromatic carbocycles. The fraction of sp³-hybridized carbons (Fsp3) is 0.158. The van der Waals surface area contributed by atoms with Crippen LogP contribution in [0.1, 0.15) is 16.4 Å².